The number of alkyl halides is 6. The molecule has 8 heteroatoms. The molecule has 2 nitrogen and oxygen atoms in total. The Hall–Kier alpha value is -0.950. The van der Waals surface area contributed by atoms with Crippen molar-refractivity contribution in [3.63, 3.8) is 0 Å². The van der Waals surface area contributed by atoms with Gasteiger partial charge in [0.25, 0.3) is 6.43 Å². The molecule has 0 aromatic heterocycles. The fourth-order valence-corrected chi connectivity index (χ4v) is 1.34. The van der Waals surface area contributed by atoms with Gasteiger partial charge >= 0.3 is 12.1 Å². The maximum Gasteiger partial charge on any atom is 0.394 e. The van der Waals surface area contributed by atoms with Crippen LogP contribution >= 0.6 is 0 Å². The summed E-state index contributed by atoms with van der Waals surface area (Å²) in [5.41, 5.74) is -2.87. The second-order valence-electron chi connectivity index (χ2n) is 4.09. The van der Waals surface area contributed by atoms with E-state index >= 15 is 0 Å². The molecule has 0 saturated carbocycles. The third kappa shape index (κ3) is 4.73. The first-order chi connectivity index (χ1) is 8.03. The second-order valence-corrected chi connectivity index (χ2v) is 4.09. The monoisotopic (exact) mass is 280 g/mol. The molecule has 0 fully saturated rings. The fourth-order valence-electron chi connectivity index (χ4n) is 1.34. The molecule has 0 aliphatic rings. The van der Waals surface area contributed by atoms with Crippen molar-refractivity contribution in [3.8, 4) is 0 Å². The number of carbonyl (C=O) groups is 1. The first kappa shape index (κ1) is 17.1. The lowest BCUT2D eigenvalue weighted by Crippen LogP contribution is -2.41. The van der Waals surface area contributed by atoms with E-state index < -0.39 is 43.0 Å². The molecule has 0 aromatic carbocycles. The van der Waals surface area contributed by atoms with Crippen LogP contribution in [0.4, 0.5) is 26.3 Å². The van der Waals surface area contributed by atoms with Crippen LogP contribution in [-0.2, 0) is 9.53 Å². The van der Waals surface area contributed by atoms with Gasteiger partial charge in [-0.3, -0.25) is 4.79 Å². The van der Waals surface area contributed by atoms with Crippen molar-refractivity contribution < 1.29 is 35.9 Å². The largest absolute Gasteiger partial charge is 0.466 e. The van der Waals surface area contributed by atoms with Crippen LogP contribution < -0.4 is 0 Å². The van der Waals surface area contributed by atoms with Crippen molar-refractivity contribution in [2.45, 2.75) is 45.5 Å². The van der Waals surface area contributed by atoms with Gasteiger partial charge in [0.1, 0.15) is 0 Å². The lowest BCUT2D eigenvalue weighted by atomic mass is 9.80. The topological polar surface area (TPSA) is 26.3 Å². The number of hydrogen-bond acceptors (Lipinski definition) is 2. The van der Waals surface area contributed by atoms with E-state index in [1.807, 2.05) is 0 Å². The molecule has 0 bridgehead atoms. The molecule has 2 unspecified atom stereocenters. The van der Waals surface area contributed by atoms with Gasteiger partial charge in [-0.05, 0) is 13.3 Å². The maximum atomic E-state index is 12.8. The normalized spacial score (nSPS) is 17.4. The fraction of sp³-hybridized carbons (Fsp3) is 0.900. The average Bonchev–Trinajstić information content (AvgIpc) is 2.15. The summed E-state index contributed by atoms with van der Waals surface area (Å²) in [4.78, 5) is 11.0. The van der Waals surface area contributed by atoms with Gasteiger partial charge in [-0.2, -0.15) is 13.2 Å². The number of hydrogen-bond donors (Lipinski definition) is 0. The molecule has 0 saturated heterocycles. The van der Waals surface area contributed by atoms with Gasteiger partial charge < -0.3 is 4.74 Å². The van der Waals surface area contributed by atoms with E-state index in [2.05, 4.69) is 4.74 Å². The summed E-state index contributed by atoms with van der Waals surface area (Å²) < 4.78 is 79.2. The molecule has 0 rings (SSSR count). The summed E-state index contributed by atoms with van der Waals surface area (Å²) in [6.07, 6.45) is -14.1. The summed E-state index contributed by atoms with van der Waals surface area (Å²) in [6.45, 7) is 1.78. The van der Waals surface area contributed by atoms with Crippen LogP contribution in [0.5, 0.6) is 0 Å². The van der Waals surface area contributed by atoms with Crippen molar-refractivity contribution in [1.29, 1.82) is 0 Å². The Kier molecular flexibility index (Phi) is 5.95. The number of halogens is 6. The number of rotatable bonds is 6. The highest BCUT2D eigenvalue weighted by atomic mass is 19.4. The Bertz CT molecular complexity index is 278. The standard InChI is InChI=1S/C10H14F6O2/c1-3-18-7(17)5-9(2,10(14,15)16)4-6(11)8(12)13/h6,8H,3-5H2,1-2H3. The van der Waals surface area contributed by atoms with E-state index in [0.717, 1.165) is 0 Å². The van der Waals surface area contributed by atoms with Gasteiger partial charge in [-0.1, -0.05) is 6.92 Å². The lowest BCUT2D eigenvalue weighted by molar-refractivity contribution is -0.232. The third-order valence-corrected chi connectivity index (χ3v) is 2.44. The molecule has 0 spiro atoms. The molecule has 0 N–H and O–H groups in total. The minimum atomic E-state index is -4.97. The Balaban J connectivity index is 4.91. The lowest BCUT2D eigenvalue weighted by Gasteiger charge is -2.32. The van der Waals surface area contributed by atoms with Gasteiger partial charge in [0.05, 0.1) is 18.4 Å². The zero-order valence-corrected chi connectivity index (χ0v) is 9.86. The SMILES string of the molecule is CCOC(=O)CC(C)(CC(F)C(F)F)C(F)(F)F. The van der Waals surface area contributed by atoms with Crippen molar-refractivity contribution in [3.05, 3.63) is 0 Å². The first-order valence-electron chi connectivity index (χ1n) is 5.18. The van der Waals surface area contributed by atoms with Crippen molar-refractivity contribution >= 4 is 5.97 Å². The minimum absolute atomic E-state index is 0.138. The molecule has 18 heavy (non-hydrogen) atoms. The molecular weight excluding hydrogens is 266 g/mol. The van der Waals surface area contributed by atoms with Gasteiger partial charge in [-0.25, -0.2) is 13.2 Å². The van der Waals surface area contributed by atoms with Crippen LogP contribution in [0.2, 0.25) is 0 Å². The molecule has 2 atom stereocenters. The maximum absolute atomic E-state index is 12.8. The Morgan fingerprint density at radius 1 is 1.22 bits per heavy atom. The Labute approximate surface area is 100 Å². The molecular formula is C10H14F6O2. The summed E-state index contributed by atoms with van der Waals surface area (Å²) in [5.74, 6) is -1.20. The van der Waals surface area contributed by atoms with Crippen LogP contribution in [0.1, 0.15) is 26.7 Å². The average molecular weight is 280 g/mol. The van der Waals surface area contributed by atoms with Crippen molar-refractivity contribution in [2.24, 2.45) is 5.41 Å². The van der Waals surface area contributed by atoms with E-state index in [1.54, 1.807) is 0 Å². The van der Waals surface area contributed by atoms with Crippen molar-refractivity contribution in [1.82, 2.24) is 0 Å². The third-order valence-electron chi connectivity index (χ3n) is 2.44. The molecule has 0 aliphatic carbocycles. The second kappa shape index (κ2) is 6.29. The number of esters is 1. The molecule has 0 radical (unpaired) electrons. The van der Waals surface area contributed by atoms with Crippen LogP contribution in [-0.4, -0.2) is 31.3 Å². The van der Waals surface area contributed by atoms with Crippen LogP contribution in [0, 0.1) is 5.41 Å². The van der Waals surface area contributed by atoms with Crippen LogP contribution in [0.25, 0.3) is 0 Å². The van der Waals surface area contributed by atoms with E-state index in [-0.39, 0.29) is 6.61 Å². The number of carbonyl (C=O) groups excluding carboxylic acids is 1. The molecule has 0 aromatic rings. The van der Waals surface area contributed by atoms with Crippen LogP contribution in [0.15, 0.2) is 0 Å². The van der Waals surface area contributed by atoms with Crippen LogP contribution in [0.3, 0.4) is 0 Å². The van der Waals surface area contributed by atoms with Gasteiger partial charge in [0.2, 0.25) is 0 Å². The molecule has 0 aliphatic heterocycles. The highest BCUT2D eigenvalue weighted by Crippen LogP contribution is 2.45. The summed E-state index contributed by atoms with van der Waals surface area (Å²) >= 11 is 0. The van der Waals surface area contributed by atoms with E-state index in [9.17, 15) is 31.1 Å². The summed E-state index contributed by atoms with van der Waals surface area (Å²) in [7, 11) is 0. The zero-order valence-electron chi connectivity index (χ0n) is 9.86. The minimum Gasteiger partial charge on any atom is -0.466 e. The Morgan fingerprint density at radius 3 is 2.06 bits per heavy atom. The highest BCUT2D eigenvalue weighted by molar-refractivity contribution is 5.70. The smallest absolute Gasteiger partial charge is 0.394 e. The van der Waals surface area contributed by atoms with Gasteiger partial charge in [0.15, 0.2) is 6.17 Å². The number of ether oxygens (including phenoxy) is 1. The molecule has 0 heterocycles. The predicted molar refractivity (Wildman–Crippen MR) is 50.9 cm³/mol. The highest BCUT2D eigenvalue weighted by Gasteiger charge is 2.54. The van der Waals surface area contributed by atoms with E-state index in [4.69, 9.17) is 0 Å². The zero-order chi connectivity index (χ0) is 14.6. The predicted octanol–water partition coefficient (Wildman–Crippen LogP) is 3.50. The summed E-state index contributed by atoms with van der Waals surface area (Å²) in [6, 6.07) is 0. The van der Waals surface area contributed by atoms with Crippen molar-refractivity contribution in [2.75, 3.05) is 6.61 Å². The van der Waals surface area contributed by atoms with E-state index in [1.165, 1.54) is 6.92 Å². The van der Waals surface area contributed by atoms with Gasteiger partial charge in [0, 0.05) is 0 Å². The first-order valence-corrected chi connectivity index (χ1v) is 5.18. The van der Waals surface area contributed by atoms with E-state index in [0.29, 0.717) is 6.92 Å². The molecule has 108 valence electrons. The quantitative estimate of drug-likeness (QED) is 0.550. The van der Waals surface area contributed by atoms with Gasteiger partial charge in [-0.15, -0.1) is 0 Å². The Morgan fingerprint density at radius 2 is 1.72 bits per heavy atom. The summed E-state index contributed by atoms with van der Waals surface area (Å²) in [5, 5.41) is 0. The molecule has 0 amide bonds.